The Morgan fingerprint density at radius 2 is 1.79 bits per heavy atom. The number of ether oxygens (including phenoxy) is 1. The summed E-state index contributed by atoms with van der Waals surface area (Å²) in [5.74, 6) is 0.719. The number of ketones is 1. The number of thioether (sulfide) groups is 1. The van der Waals surface area contributed by atoms with Gasteiger partial charge >= 0.3 is 5.97 Å². The molecule has 0 atom stereocenters. The third kappa shape index (κ3) is 5.92. The van der Waals surface area contributed by atoms with E-state index in [9.17, 15) is 9.59 Å². The third-order valence-corrected chi connectivity index (χ3v) is 3.55. The number of rotatable bonds is 8. The number of benzene rings is 1. The first-order valence-corrected chi connectivity index (χ1v) is 7.57. The number of hydrogen-bond donors (Lipinski definition) is 0. The van der Waals surface area contributed by atoms with Crippen LogP contribution in [0.1, 0.15) is 43.5 Å². The van der Waals surface area contributed by atoms with Crippen LogP contribution in [0.4, 0.5) is 0 Å². The van der Waals surface area contributed by atoms with Crippen molar-refractivity contribution in [1.82, 2.24) is 0 Å². The molecular formula is C15H20O3S. The van der Waals surface area contributed by atoms with Gasteiger partial charge < -0.3 is 4.74 Å². The van der Waals surface area contributed by atoms with Gasteiger partial charge in [0.2, 0.25) is 0 Å². The maximum absolute atomic E-state index is 11.7. The van der Waals surface area contributed by atoms with Crippen LogP contribution in [0, 0.1) is 0 Å². The first-order chi connectivity index (χ1) is 9.17. The molecule has 1 aromatic rings. The van der Waals surface area contributed by atoms with Crippen LogP contribution in [0.5, 0.6) is 0 Å². The zero-order valence-electron chi connectivity index (χ0n) is 11.5. The van der Waals surface area contributed by atoms with E-state index in [1.54, 1.807) is 18.7 Å². The average molecular weight is 280 g/mol. The Kier molecular flexibility index (Phi) is 7.26. The molecule has 0 N–H and O–H groups in total. The minimum Gasteiger partial charge on any atom is -0.466 e. The highest BCUT2D eigenvalue weighted by Gasteiger charge is 2.05. The minimum absolute atomic E-state index is 0.162. The molecule has 19 heavy (non-hydrogen) atoms. The van der Waals surface area contributed by atoms with Crippen LogP contribution in [0.2, 0.25) is 0 Å². The topological polar surface area (TPSA) is 43.4 Å². The molecular weight excluding hydrogens is 260 g/mol. The molecule has 0 spiro atoms. The summed E-state index contributed by atoms with van der Waals surface area (Å²) < 4.78 is 4.86. The van der Waals surface area contributed by atoms with Crippen molar-refractivity contribution in [2.24, 2.45) is 0 Å². The summed E-state index contributed by atoms with van der Waals surface area (Å²) in [5, 5.41) is 0. The van der Waals surface area contributed by atoms with E-state index >= 15 is 0 Å². The standard InChI is InChI=1S/C15H20O3S/c1-3-5-14(16)12-6-8-13(9-7-12)19-11-10-15(17)18-4-2/h6-9H,3-5,10-11H2,1-2H3. The van der Waals surface area contributed by atoms with Crippen LogP contribution in [0.15, 0.2) is 29.2 Å². The van der Waals surface area contributed by atoms with Gasteiger partial charge in [0.25, 0.3) is 0 Å². The zero-order chi connectivity index (χ0) is 14.1. The van der Waals surface area contributed by atoms with Crippen molar-refractivity contribution in [3.8, 4) is 0 Å². The molecule has 0 aliphatic heterocycles. The SMILES string of the molecule is CCCC(=O)c1ccc(SCCC(=O)OCC)cc1. The molecule has 0 unspecified atom stereocenters. The molecule has 0 saturated carbocycles. The smallest absolute Gasteiger partial charge is 0.306 e. The van der Waals surface area contributed by atoms with E-state index in [2.05, 4.69) is 0 Å². The van der Waals surface area contributed by atoms with Crippen molar-refractivity contribution >= 4 is 23.5 Å². The van der Waals surface area contributed by atoms with Gasteiger partial charge in [-0.25, -0.2) is 0 Å². The number of carbonyl (C=O) groups excluding carboxylic acids is 2. The maximum Gasteiger partial charge on any atom is 0.306 e. The monoisotopic (exact) mass is 280 g/mol. The lowest BCUT2D eigenvalue weighted by Crippen LogP contribution is -2.04. The Bertz CT molecular complexity index is 412. The fourth-order valence-corrected chi connectivity index (χ4v) is 2.43. The molecule has 0 bridgehead atoms. The van der Waals surface area contributed by atoms with Crippen molar-refractivity contribution in [3.63, 3.8) is 0 Å². The van der Waals surface area contributed by atoms with E-state index in [-0.39, 0.29) is 11.8 Å². The molecule has 0 amide bonds. The summed E-state index contributed by atoms with van der Waals surface area (Å²) in [6, 6.07) is 7.56. The van der Waals surface area contributed by atoms with E-state index in [0.717, 1.165) is 16.9 Å². The lowest BCUT2D eigenvalue weighted by molar-refractivity contribution is -0.142. The van der Waals surface area contributed by atoms with E-state index in [4.69, 9.17) is 4.74 Å². The summed E-state index contributed by atoms with van der Waals surface area (Å²) >= 11 is 1.60. The predicted molar refractivity (Wildman–Crippen MR) is 77.7 cm³/mol. The van der Waals surface area contributed by atoms with Gasteiger partial charge in [-0.15, -0.1) is 11.8 Å². The number of carbonyl (C=O) groups is 2. The van der Waals surface area contributed by atoms with E-state index < -0.39 is 0 Å². The van der Waals surface area contributed by atoms with Crippen molar-refractivity contribution < 1.29 is 14.3 Å². The first-order valence-electron chi connectivity index (χ1n) is 6.59. The average Bonchev–Trinajstić information content (AvgIpc) is 2.40. The normalized spacial score (nSPS) is 10.2. The fraction of sp³-hybridized carbons (Fsp3) is 0.467. The summed E-state index contributed by atoms with van der Waals surface area (Å²) in [6.07, 6.45) is 1.87. The highest BCUT2D eigenvalue weighted by molar-refractivity contribution is 7.99. The van der Waals surface area contributed by atoms with Crippen LogP contribution in [-0.4, -0.2) is 24.1 Å². The molecule has 0 aliphatic carbocycles. The Morgan fingerprint density at radius 3 is 2.37 bits per heavy atom. The Labute approximate surface area is 118 Å². The summed E-state index contributed by atoms with van der Waals surface area (Å²) in [4.78, 5) is 23.9. The van der Waals surface area contributed by atoms with Crippen molar-refractivity contribution in [2.45, 2.75) is 38.0 Å². The van der Waals surface area contributed by atoms with Crippen LogP contribution in [-0.2, 0) is 9.53 Å². The van der Waals surface area contributed by atoms with Gasteiger partial charge in [-0.1, -0.05) is 19.1 Å². The van der Waals surface area contributed by atoms with Crippen LogP contribution in [0.25, 0.3) is 0 Å². The molecule has 4 heteroatoms. The van der Waals surface area contributed by atoms with Gasteiger partial charge in [-0.05, 0) is 25.5 Å². The first kappa shape index (κ1) is 15.8. The number of esters is 1. The molecule has 1 rings (SSSR count). The fourth-order valence-electron chi connectivity index (χ4n) is 1.59. The van der Waals surface area contributed by atoms with E-state index in [1.807, 2.05) is 31.2 Å². The molecule has 0 fully saturated rings. The molecule has 3 nitrogen and oxygen atoms in total. The third-order valence-electron chi connectivity index (χ3n) is 2.53. The van der Waals surface area contributed by atoms with Crippen LogP contribution in [0.3, 0.4) is 0 Å². The second-order valence-electron chi connectivity index (χ2n) is 4.10. The lowest BCUT2D eigenvalue weighted by Gasteiger charge is -2.04. The van der Waals surface area contributed by atoms with Gasteiger partial charge in [0.1, 0.15) is 0 Å². The second-order valence-corrected chi connectivity index (χ2v) is 5.27. The predicted octanol–water partition coefficient (Wildman–Crippen LogP) is 3.71. The largest absolute Gasteiger partial charge is 0.466 e. The quantitative estimate of drug-likeness (QED) is 0.413. The highest BCUT2D eigenvalue weighted by Crippen LogP contribution is 2.20. The van der Waals surface area contributed by atoms with Gasteiger partial charge in [0.15, 0.2) is 5.78 Å². The van der Waals surface area contributed by atoms with Crippen molar-refractivity contribution in [1.29, 1.82) is 0 Å². The van der Waals surface area contributed by atoms with Gasteiger partial charge in [-0.3, -0.25) is 9.59 Å². The second kappa shape index (κ2) is 8.75. The highest BCUT2D eigenvalue weighted by atomic mass is 32.2. The number of Topliss-reactive ketones (excluding diaryl/α,β-unsaturated/α-hetero) is 1. The number of hydrogen-bond acceptors (Lipinski definition) is 4. The Hall–Kier alpha value is -1.29. The molecule has 1 aromatic carbocycles. The molecule has 0 saturated heterocycles. The molecule has 0 aliphatic rings. The van der Waals surface area contributed by atoms with Crippen LogP contribution >= 0.6 is 11.8 Å². The lowest BCUT2D eigenvalue weighted by atomic mass is 10.1. The van der Waals surface area contributed by atoms with Crippen LogP contribution < -0.4 is 0 Å². The molecule has 0 radical (unpaired) electrons. The zero-order valence-corrected chi connectivity index (χ0v) is 12.3. The minimum atomic E-state index is -0.162. The van der Waals surface area contributed by atoms with Crippen molar-refractivity contribution in [3.05, 3.63) is 29.8 Å². The summed E-state index contributed by atoms with van der Waals surface area (Å²) in [6.45, 7) is 4.23. The molecule has 104 valence electrons. The van der Waals surface area contributed by atoms with Gasteiger partial charge in [-0.2, -0.15) is 0 Å². The Morgan fingerprint density at radius 1 is 1.11 bits per heavy atom. The van der Waals surface area contributed by atoms with Gasteiger partial charge in [0, 0.05) is 22.6 Å². The molecule has 0 heterocycles. The maximum atomic E-state index is 11.7. The molecule has 0 aromatic heterocycles. The van der Waals surface area contributed by atoms with Gasteiger partial charge in [0.05, 0.1) is 13.0 Å². The van der Waals surface area contributed by atoms with E-state index in [1.165, 1.54) is 0 Å². The summed E-state index contributed by atoms with van der Waals surface area (Å²) in [7, 11) is 0. The van der Waals surface area contributed by atoms with E-state index in [0.29, 0.717) is 25.2 Å². The van der Waals surface area contributed by atoms with Crippen molar-refractivity contribution in [2.75, 3.05) is 12.4 Å². The summed E-state index contributed by atoms with van der Waals surface area (Å²) in [5.41, 5.74) is 0.761. The Balaban J connectivity index is 2.40.